The minimum atomic E-state index is -0.861. The van der Waals surface area contributed by atoms with Crippen LogP contribution >= 0.6 is 0 Å². The third kappa shape index (κ3) is 3.94. The van der Waals surface area contributed by atoms with Gasteiger partial charge in [0, 0.05) is 52.1 Å². The van der Waals surface area contributed by atoms with Gasteiger partial charge in [0.05, 0.1) is 32.4 Å². The predicted octanol–water partition coefficient (Wildman–Crippen LogP) is -1.11. The van der Waals surface area contributed by atoms with Crippen molar-refractivity contribution in [3.8, 4) is 6.07 Å². The minimum absolute atomic E-state index is 0.0223. The zero-order valence-corrected chi connectivity index (χ0v) is 24.0. The fraction of sp³-hybridized carbons (Fsp3) is 0.517. The molecule has 2 bridgehead atoms. The van der Waals surface area contributed by atoms with Crippen molar-refractivity contribution in [1.82, 2.24) is 15.1 Å². The van der Waals surface area contributed by atoms with Crippen molar-refractivity contribution >= 4 is 29.0 Å². The largest absolute Gasteiger partial charge is 0.492 e. The quantitative estimate of drug-likeness (QED) is 0.390. The van der Waals surface area contributed by atoms with E-state index in [2.05, 4.69) is 17.1 Å². The first-order valence-corrected chi connectivity index (χ1v) is 13.5. The molecule has 1 fully saturated rings. The normalized spacial score (nSPS) is 31.0. The third-order valence-corrected chi connectivity index (χ3v) is 9.13. The lowest BCUT2D eigenvalue weighted by Gasteiger charge is -2.60. The number of allylic oxidation sites excluding steroid dienone is 4. The Bertz CT molecular complexity index is 1480. The van der Waals surface area contributed by atoms with Gasteiger partial charge in [0.2, 0.25) is 11.6 Å². The number of fused-ring (bicyclic) bond motifs is 5. The van der Waals surface area contributed by atoms with Crippen LogP contribution in [0.5, 0.6) is 0 Å². The SMILES string of the molecule is COC1=C(C)C(=O)C2=C(C1=O)[C@@H]1[C@@H]3CC4=C(C(=O)C(OC)=C(C)C4=O)[C@H](CNC(=O)C(C)[NH3+])N3[C@@H](C#N)[C@H](C2)N1C. The molecule has 3 aliphatic heterocycles. The lowest BCUT2D eigenvalue weighted by atomic mass is 9.67. The summed E-state index contributed by atoms with van der Waals surface area (Å²) in [6.07, 6.45) is 0.215. The van der Waals surface area contributed by atoms with Crippen LogP contribution in [0.1, 0.15) is 33.6 Å². The van der Waals surface area contributed by atoms with E-state index < -0.39 is 47.8 Å². The summed E-state index contributed by atoms with van der Waals surface area (Å²) >= 11 is 0. The van der Waals surface area contributed by atoms with Gasteiger partial charge in [0.25, 0.3) is 5.91 Å². The molecule has 0 aromatic carbocycles. The van der Waals surface area contributed by atoms with Crippen molar-refractivity contribution in [2.24, 2.45) is 0 Å². The van der Waals surface area contributed by atoms with Gasteiger partial charge in [-0.05, 0) is 40.7 Å². The summed E-state index contributed by atoms with van der Waals surface area (Å²) in [6.45, 7) is 4.65. The van der Waals surface area contributed by atoms with Crippen molar-refractivity contribution in [2.75, 3.05) is 27.8 Å². The summed E-state index contributed by atoms with van der Waals surface area (Å²) in [5, 5.41) is 13.4. The molecule has 0 aromatic rings. The molecule has 5 rings (SSSR count). The number of nitrogens with zero attached hydrogens (tertiary/aromatic N) is 3. The summed E-state index contributed by atoms with van der Waals surface area (Å²) in [4.78, 5) is 71.1. The summed E-state index contributed by atoms with van der Waals surface area (Å²) in [5.74, 6) is -1.96. The van der Waals surface area contributed by atoms with Crippen LogP contribution in [0.15, 0.2) is 45.0 Å². The Morgan fingerprint density at radius 2 is 1.49 bits per heavy atom. The fourth-order valence-electron chi connectivity index (χ4n) is 7.19. The van der Waals surface area contributed by atoms with Crippen LogP contribution in [-0.4, -0.2) is 103 Å². The van der Waals surface area contributed by atoms with Crippen LogP contribution in [0.2, 0.25) is 0 Å². The standard InChI is InChI=1S/C29H33N5O7/c1-11-23(35)14-8-17-22-21-15(24(36)12(2)28(41-6)26(21)38)7-16(33(22)4)18(9-30)34(17)19(10-32-29(39)13(3)31)20(14)25(37)27(11)40-5/h13,16-19,22H,7-8,10,31H2,1-6H3,(H,32,39)/p+1/t13?,16-,17-,18-,19-,22-/m0/s1. The van der Waals surface area contributed by atoms with Crippen molar-refractivity contribution in [3.63, 3.8) is 0 Å². The average Bonchev–Trinajstić information content (AvgIpc) is 2.93. The Balaban J connectivity index is 1.71. The number of piperazine rings is 1. The molecule has 0 radical (unpaired) electrons. The number of hydrogen-bond donors (Lipinski definition) is 2. The Morgan fingerprint density at radius 3 is 2.00 bits per heavy atom. The molecule has 1 unspecified atom stereocenters. The minimum Gasteiger partial charge on any atom is -0.492 e. The molecule has 1 saturated heterocycles. The molecular weight excluding hydrogens is 530 g/mol. The molecular formula is C29H34N5O7+. The van der Waals surface area contributed by atoms with E-state index in [4.69, 9.17) is 9.47 Å². The number of carbonyl (C=O) groups excluding carboxylic acids is 5. The van der Waals surface area contributed by atoms with Crippen LogP contribution < -0.4 is 11.1 Å². The van der Waals surface area contributed by atoms with Crippen LogP contribution in [0.4, 0.5) is 0 Å². The molecule has 3 heterocycles. The summed E-state index contributed by atoms with van der Waals surface area (Å²) in [5.41, 5.74) is 5.26. The van der Waals surface area contributed by atoms with Crippen molar-refractivity contribution in [2.45, 2.75) is 69.9 Å². The highest BCUT2D eigenvalue weighted by atomic mass is 16.5. The molecule has 41 heavy (non-hydrogen) atoms. The van der Waals surface area contributed by atoms with Gasteiger partial charge in [-0.2, -0.15) is 5.26 Å². The molecule has 0 aromatic heterocycles. The van der Waals surface area contributed by atoms with E-state index in [1.165, 1.54) is 21.1 Å². The number of ketones is 4. The molecule has 5 aliphatic rings. The van der Waals surface area contributed by atoms with Gasteiger partial charge in [-0.1, -0.05) is 0 Å². The molecule has 216 valence electrons. The topological polar surface area (TPSA) is 174 Å². The fourth-order valence-corrected chi connectivity index (χ4v) is 7.19. The first kappa shape index (κ1) is 28.6. The maximum Gasteiger partial charge on any atom is 0.277 e. The van der Waals surface area contributed by atoms with Crippen LogP contribution in [0.25, 0.3) is 0 Å². The highest BCUT2D eigenvalue weighted by Crippen LogP contribution is 2.48. The maximum atomic E-state index is 13.8. The van der Waals surface area contributed by atoms with E-state index in [-0.39, 0.29) is 70.7 Å². The second-order valence-corrected chi connectivity index (χ2v) is 11.3. The van der Waals surface area contributed by atoms with Crippen LogP contribution in [-0.2, 0) is 33.4 Å². The third-order valence-electron chi connectivity index (χ3n) is 9.13. The summed E-state index contributed by atoms with van der Waals surface area (Å²) < 4.78 is 10.7. The molecule has 12 heteroatoms. The smallest absolute Gasteiger partial charge is 0.277 e. The number of ether oxygens (including phenoxy) is 2. The number of nitrogens with one attached hydrogen (secondary N) is 1. The Hall–Kier alpha value is -3.92. The van der Waals surface area contributed by atoms with Gasteiger partial charge in [0.1, 0.15) is 6.04 Å². The van der Waals surface area contributed by atoms with Gasteiger partial charge in [-0.15, -0.1) is 0 Å². The zero-order chi connectivity index (χ0) is 30.1. The number of nitriles is 1. The first-order chi connectivity index (χ1) is 19.4. The zero-order valence-electron chi connectivity index (χ0n) is 24.0. The van der Waals surface area contributed by atoms with Gasteiger partial charge < -0.3 is 20.5 Å². The van der Waals surface area contributed by atoms with Crippen molar-refractivity contribution in [1.29, 1.82) is 5.26 Å². The highest BCUT2D eigenvalue weighted by Gasteiger charge is 2.59. The van der Waals surface area contributed by atoms with E-state index in [0.717, 1.165) is 0 Å². The number of amides is 1. The van der Waals surface area contributed by atoms with E-state index in [9.17, 15) is 29.2 Å². The number of hydrogen-bond acceptors (Lipinski definition) is 10. The number of rotatable bonds is 5. The van der Waals surface area contributed by atoms with E-state index in [0.29, 0.717) is 11.1 Å². The van der Waals surface area contributed by atoms with Gasteiger partial charge in [0.15, 0.2) is 29.1 Å². The predicted molar refractivity (Wildman–Crippen MR) is 142 cm³/mol. The molecule has 2 aliphatic carbocycles. The molecule has 6 atom stereocenters. The van der Waals surface area contributed by atoms with E-state index in [1.807, 2.05) is 16.8 Å². The second-order valence-electron chi connectivity index (χ2n) is 11.3. The Labute approximate surface area is 237 Å². The lowest BCUT2D eigenvalue weighted by molar-refractivity contribution is -0.398. The molecule has 4 N–H and O–H groups in total. The Morgan fingerprint density at radius 1 is 0.976 bits per heavy atom. The van der Waals surface area contributed by atoms with Crippen molar-refractivity contribution < 1.29 is 39.2 Å². The molecule has 12 nitrogen and oxygen atoms in total. The van der Waals surface area contributed by atoms with Gasteiger partial charge >= 0.3 is 0 Å². The highest BCUT2D eigenvalue weighted by molar-refractivity contribution is 6.26. The first-order valence-electron chi connectivity index (χ1n) is 13.5. The average molecular weight is 565 g/mol. The van der Waals surface area contributed by atoms with E-state index in [1.54, 1.807) is 13.8 Å². The number of carbonyl (C=O) groups is 5. The van der Waals surface area contributed by atoms with Gasteiger partial charge in [-0.3, -0.25) is 33.8 Å². The number of likely N-dealkylation sites (N-methyl/N-ethyl adjacent to an activating group) is 1. The van der Waals surface area contributed by atoms with Crippen molar-refractivity contribution in [3.05, 3.63) is 45.0 Å². The molecule has 1 amide bonds. The maximum absolute atomic E-state index is 13.8. The Kier molecular flexibility index (Phi) is 7.09. The van der Waals surface area contributed by atoms with Gasteiger partial charge in [-0.25, -0.2) is 0 Å². The molecule has 0 saturated carbocycles. The lowest BCUT2D eigenvalue weighted by Crippen LogP contribution is -2.75. The number of Topliss-reactive ketones (excluding diaryl/α,β-unsaturated/α-hetero) is 4. The monoisotopic (exact) mass is 564 g/mol. The summed E-state index contributed by atoms with van der Waals surface area (Å²) in [7, 11) is 4.48. The molecule has 0 spiro atoms. The number of methoxy groups -OCH3 is 2. The van der Waals surface area contributed by atoms with Crippen LogP contribution in [0.3, 0.4) is 0 Å². The number of quaternary nitrogens is 1. The van der Waals surface area contributed by atoms with E-state index >= 15 is 0 Å². The summed E-state index contributed by atoms with van der Waals surface area (Å²) in [6, 6.07) is -1.67. The second kappa shape index (κ2) is 10.2. The van der Waals surface area contributed by atoms with Crippen LogP contribution in [0, 0.1) is 11.3 Å².